The van der Waals surface area contributed by atoms with Crippen molar-refractivity contribution >= 4 is 29.5 Å². The third-order valence-corrected chi connectivity index (χ3v) is 4.81. The Balaban J connectivity index is 1.80. The van der Waals surface area contributed by atoms with Crippen LogP contribution in [0.2, 0.25) is 5.02 Å². The van der Waals surface area contributed by atoms with Crippen LogP contribution in [0.3, 0.4) is 0 Å². The summed E-state index contributed by atoms with van der Waals surface area (Å²) in [6, 6.07) is 13.1. The lowest BCUT2D eigenvalue weighted by molar-refractivity contribution is -0.139. The van der Waals surface area contributed by atoms with Crippen molar-refractivity contribution in [3.8, 4) is 0 Å². The van der Waals surface area contributed by atoms with E-state index in [1.54, 1.807) is 38.4 Å². The van der Waals surface area contributed by atoms with E-state index in [-0.39, 0.29) is 5.91 Å². The van der Waals surface area contributed by atoms with Crippen molar-refractivity contribution in [1.29, 1.82) is 0 Å². The number of carbonyl (C=O) groups is 2. The number of fused-ring (bicyclic) bond motifs is 1. The molecule has 0 saturated carbocycles. The van der Waals surface area contributed by atoms with E-state index in [9.17, 15) is 14.7 Å². The summed E-state index contributed by atoms with van der Waals surface area (Å²) in [4.78, 5) is 30.8. The van der Waals surface area contributed by atoms with Crippen LogP contribution in [0.1, 0.15) is 5.56 Å². The fraction of sp³-hybridized carbons (Fsp3) is 0.286. The van der Waals surface area contributed by atoms with Gasteiger partial charge in [-0.3, -0.25) is 14.6 Å². The van der Waals surface area contributed by atoms with Gasteiger partial charge in [0.25, 0.3) is 5.91 Å². The number of halogens is 1. The maximum Gasteiger partial charge on any atom is 0.253 e. The number of carbonyl (C=O) groups excluding carboxylic acids is 2. The molecule has 6 nitrogen and oxygen atoms in total. The van der Waals surface area contributed by atoms with Crippen molar-refractivity contribution < 1.29 is 14.7 Å². The van der Waals surface area contributed by atoms with Crippen LogP contribution in [-0.4, -0.2) is 54.1 Å². The number of hydrogen-bond donors (Lipinski definition) is 2. The molecule has 2 amide bonds. The van der Waals surface area contributed by atoms with E-state index in [0.29, 0.717) is 16.8 Å². The largest absolute Gasteiger partial charge is 0.381 e. The first kappa shape index (κ1) is 20.0. The number of aliphatic hydroxyl groups excluding tert-OH is 1. The van der Waals surface area contributed by atoms with Gasteiger partial charge in [-0.2, -0.15) is 0 Å². The number of likely N-dealkylation sites (N-methyl/N-ethyl adjacent to an activating group) is 1. The number of amides is 2. The molecule has 0 aromatic heterocycles. The summed E-state index contributed by atoms with van der Waals surface area (Å²) in [7, 11) is 3.13. The average molecular weight is 400 g/mol. The minimum atomic E-state index is -1.36. The molecule has 0 fully saturated rings. The molecule has 0 unspecified atom stereocenters. The number of nitrogens with zero attached hydrogens (tertiary/aromatic N) is 2. The lowest BCUT2D eigenvalue weighted by atomic mass is 10.00. The van der Waals surface area contributed by atoms with Gasteiger partial charge in [0.05, 0.1) is 11.4 Å². The molecule has 1 heterocycles. The Morgan fingerprint density at radius 2 is 1.93 bits per heavy atom. The predicted molar refractivity (Wildman–Crippen MR) is 107 cm³/mol. The summed E-state index contributed by atoms with van der Waals surface area (Å²) in [6.07, 6.45) is 0.673. The zero-order valence-electron chi connectivity index (χ0n) is 15.7. The van der Waals surface area contributed by atoms with Gasteiger partial charge in [-0.1, -0.05) is 41.9 Å². The van der Waals surface area contributed by atoms with Crippen LogP contribution in [-0.2, 0) is 16.0 Å². The number of aliphatic hydroxyl groups is 1. The van der Waals surface area contributed by atoms with E-state index in [2.05, 4.69) is 10.3 Å². The quantitative estimate of drug-likeness (QED) is 0.733. The molecular formula is C21H22ClN3O3. The Hall–Kier alpha value is -2.70. The van der Waals surface area contributed by atoms with E-state index in [0.717, 1.165) is 10.8 Å². The maximum atomic E-state index is 12.8. The van der Waals surface area contributed by atoms with Gasteiger partial charge < -0.3 is 15.3 Å². The summed E-state index contributed by atoms with van der Waals surface area (Å²) in [6.45, 7) is 0. The van der Waals surface area contributed by atoms with Crippen molar-refractivity contribution in [1.82, 2.24) is 10.2 Å². The van der Waals surface area contributed by atoms with Crippen molar-refractivity contribution in [2.75, 3.05) is 14.1 Å². The third-order valence-electron chi connectivity index (χ3n) is 4.57. The Kier molecular flexibility index (Phi) is 6.11. The van der Waals surface area contributed by atoms with E-state index in [4.69, 9.17) is 11.6 Å². The first-order chi connectivity index (χ1) is 13.3. The standard InChI is InChI=1S/C21H22ClN3O3/c1-25(2)21(28)19(26)17(10-13-6-4-3-5-7-13)24-20(27)18-12-14-11-15(22)8-9-16(14)23-18/h3-9,11-12,17-19,26H,10H2,1-2H3,(H,24,27)/t17-,18-,19-/m0/s1. The Labute approximate surface area is 168 Å². The van der Waals surface area contributed by atoms with Crippen LogP contribution in [0.5, 0.6) is 0 Å². The molecular weight excluding hydrogens is 378 g/mol. The Morgan fingerprint density at radius 3 is 2.61 bits per heavy atom. The molecule has 3 atom stereocenters. The van der Waals surface area contributed by atoms with Crippen LogP contribution in [0.4, 0.5) is 0 Å². The van der Waals surface area contributed by atoms with Gasteiger partial charge in [-0.15, -0.1) is 0 Å². The highest BCUT2D eigenvalue weighted by molar-refractivity contribution is 6.30. The van der Waals surface area contributed by atoms with E-state index in [1.807, 2.05) is 30.3 Å². The third kappa shape index (κ3) is 4.58. The molecule has 3 rings (SSSR count). The molecule has 28 heavy (non-hydrogen) atoms. The molecule has 0 aliphatic carbocycles. The monoisotopic (exact) mass is 399 g/mol. The lowest BCUT2D eigenvalue weighted by Gasteiger charge is -2.26. The van der Waals surface area contributed by atoms with Gasteiger partial charge in [0.2, 0.25) is 5.91 Å². The maximum absolute atomic E-state index is 12.8. The minimum absolute atomic E-state index is 0.318. The SMILES string of the molecule is CN(C)C(=O)[C@@H](O)[C@H](Cc1ccccc1)NC(=O)[C@@H]1C=c2cc(Cl)ccc2=N1. The van der Waals surface area contributed by atoms with Gasteiger partial charge in [0.15, 0.2) is 6.10 Å². The van der Waals surface area contributed by atoms with Gasteiger partial charge in [-0.05, 0) is 41.5 Å². The van der Waals surface area contributed by atoms with Crippen LogP contribution in [0, 0.1) is 0 Å². The second-order valence-corrected chi connectivity index (χ2v) is 7.36. The summed E-state index contributed by atoms with van der Waals surface area (Å²) in [5.41, 5.74) is 0.904. The summed E-state index contributed by atoms with van der Waals surface area (Å²) >= 11 is 5.99. The molecule has 146 valence electrons. The molecule has 2 N–H and O–H groups in total. The molecule has 1 aliphatic heterocycles. The van der Waals surface area contributed by atoms with Gasteiger partial charge in [0.1, 0.15) is 6.04 Å². The number of rotatable bonds is 6. The molecule has 2 aromatic carbocycles. The van der Waals surface area contributed by atoms with Crippen LogP contribution in [0.15, 0.2) is 53.5 Å². The van der Waals surface area contributed by atoms with Crippen LogP contribution < -0.4 is 15.9 Å². The van der Waals surface area contributed by atoms with E-state index >= 15 is 0 Å². The number of benzene rings is 2. The average Bonchev–Trinajstić information content (AvgIpc) is 3.10. The smallest absolute Gasteiger partial charge is 0.253 e. The fourth-order valence-corrected chi connectivity index (χ4v) is 3.26. The van der Waals surface area contributed by atoms with E-state index in [1.165, 1.54) is 4.90 Å². The lowest BCUT2D eigenvalue weighted by Crippen LogP contribution is -2.53. The Bertz CT molecular complexity index is 992. The topological polar surface area (TPSA) is 82.0 Å². The highest BCUT2D eigenvalue weighted by atomic mass is 35.5. The molecule has 0 bridgehead atoms. The minimum Gasteiger partial charge on any atom is -0.381 e. The highest BCUT2D eigenvalue weighted by Crippen LogP contribution is 2.10. The molecule has 0 saturated heterocycles. The molecule has 0 radical (unpaired) electrons. The van der Waals surface area contributed by atoms with Gasteiger partial charge in [-0.25, -0.2) is 0 Å². The predicted octanol–water partition coefficient (Wildman–Crippen LogP) is 0.299. The van der Waals surface area contributed by atoms with Gasteiger partial charge >= 0.3 is 0 Å². The second kappa shape index (κ2) is 8.54. The number of nitrogens with one attached hydrogen (secondary N) is 1. The van der Waals surface area contributed by atoms with Gasteiger partial charge in [0, 0.05) is 19.1 Å². The normalized spacial score (nSPS) is 16.9. The molecule has 7 heteroatoms. The van der Waals surface area contributed by atoms with Crippen molar-refractivity contribution in [2.45, 2.75) is 24.6 Å². The van der Waals surface area contributed by atoms with Crippen molar-refractivity contribution in [2.24, 2.45) is 4.99 Å². The molecule has 2 aromatic rings. The number of hydrogen-bond acceptors (Lipinski definition) is 4. The first-order valence-electron chi connectivity index (χ1n) is 8.94. The van der Waals surface area contributed by atoms with Crippen molar-refractivity contribution in [3.05, 3.63) is 69.7 Å². The Morgan fingerprint density at radius 1 is 1.21 bits per heavy atom. The summed E-state index contributed by atoms with van der Waals surface area (Å²) in [5, 5.41) is 15.4. The van der Waals surface area contributed by atoms with Crippen LogP contribution >= 0.6 is 11.6 Å². The van der Waals surface area contributed by atoms with Crippen molar-refractivity contribution in [3.63, 3.8) is 0 Å². The van der Waals surface area contributed by atoms with E-state index < -0.39 is 24.1 Å². The molecule has 0 spiro atoms. The fourth-order valence-electron chi connectivity index (χ4n) is 3.08. The zero-order valence-corrected chi connectivity index (χ0v) is 16.4. The summed E-state index contributed by atoms with van der Waals surface area (Å²) < 4.78 is 0. The van der Waals surface area contributed by atoms with Crippen LogP contribution in [0.25, 0.3) is 6.08 Å². The first-order valence-corrected chi connectivity index (χ1v) is 9.32. The highest BCUT2D eigenvalue weighted by Gasteiger charge is 2.31. The summed E-state index contributed by atoms with van der Waals surface area (Å²) in [5.74, 6) is -0.845. The molecule has 1 aliphatic rings. The second-order valence-electron chi connectivity index (χ2n) is 6.93. The zero-order chi connectivity index (χ0) is 20.3.